The Morgan fingerprint density at radius 1 is 1.16 bits per heavy atom. The third kappa shape index (κ3) is 6.12. The molecule has 1 aromatic carbocycles. The summed E-state index contributed by atoms with van der Waals surface area (Å²) < 4.78 is 32.3. The van der Waals surface area contributed by atoms with Gasteiger partial charge in [0.1, 0.15) is 23.7 Å². The van der Waals surface area contributed by atoms with Gasteiger partial charge in [-0.05, 0) is 42.1 Å². The number of carbonyl (C=O) groups is 4. The lowest BCUT2D eigenvalue weighted by atomic mass is 10.1. The molecule has 37 heavy (non-hydrogen) atoms. The molecule has 1 aliphatic heterocycles. The van der Waals surface area contributed by atoms with E-state index in [-0.39, 0.29) is 30.8 Å². The number of thiophene rings is 1. The standard InChI is InChI=1S/C24H23F2N5O5S/c25-13-5-6-16(15(26)11-13)29-24(35)30-17-7-8-31(23(34)19-4-1-9-36-19)20(17)22(33)28-18(21(27)32)12-14-3-2-10-37-14/h1-6,9-11,17-18,20H,7-8,12H2,(H2,27,32)(H,28,33)(H2,29,30,35). The Kier molecular flexibility index (Phi) is 7.82. The third-order valence-electron chi connectivity index (χ3n) is 5.80. The molecular formula is C24H23F2N5O5S. The fourth-order valence-corrected chi connectivity index (χ4v) is 4.82. The fraction of sp³-hybridized carbons (Fsp3) is 0.250. The Hall–Kier alpha value is -4.26. The summed E-state index contributed by atoms with van der Waals surface area (Å²) in [5, 5.41) is 9.24. The number of likely N-dealkylation sites (tertiary alicyclic amines) is 1. The van der Waals surface area contributed by atoms with E-state index in [9.17, 15) is 28.0 Å². The summed E-state index contributed by atoms with van der Waals surface area (Å²) in [6, 6.07) is 5.12. The van der Waals surface area contributed by atoms with Crippen molar-refractivity contribution in [3.05, 3.63) is 76.4 Å². The second-order valence-corrected chi connectivity index (χ2v) is 9.32. The highest BCUT2D eigenvalue weighted by Crippen LogP contribution is 2.23. The monoisotopic (exact) mass is 531 g/mol. The van der Waals surface area contributed by atoms with Gasteiger partial charge in [-0.3, -0.25) is 14.4 Å². The Labute approximate surface area is 213 Å². The minimum atomic E-state index is -1.23. The van der Waals surface area contributed by atoms with Crippen LogP contribution in [-0.2, 0) is 16.0 Å². The number of benzene rings is 1. The highest BCUT2D eigenvalue weighted by molar-refractivity contribution is 7.09. The molecule has 0 radical (unpaired) electrons. The maximum Gasteiger partial charge on any atom is 0.319 e. The molecular weight excluding hydrogens is 508 g/mol. The van der Waals surface area contributed by atoms with Crippen LogP contribution < -0.4 is 21.7 Å². The number of primary amides is 1. The first-order valence-corrected chi connectivity index (χ1v) is 12.1. The van der Waals surface area contributed by atoms with Crippen LogP contribution in [0.3, 0.4) is 0 Å². The van der Waals surface area contributed by atoms with Crippen LogP contribution in [0.5, 0.6) is 0 Å². The summed E-state index contributed by atoms with van der Waals surface area (Å²) in [5.74, 6) is -3.87. The predicted molar refractivity (Wildman–Crippen MR) is 130 cm³/mol. The average Bonchev–Trinajstić information content (AvgIpc) is 3.62. The van der Waals surface area contributed by atoms with Crippen molar-refractivity contribution in [1.29, 1.82) is 0 Å². The third-order valence-corrected chi connectivity index (χ3v) is 6.70. The molecule has 1 saturated heterocycles. The van der Waals surface area contributed by atoms with Gasteiger partial charge in [-0.2, -0.15) is 0 Å². The Morgan fingerprint density at radius 3 is 2.62 bits per heavy atom. The predicted octanol–water partition coefficient (Wildman–Crippen LogP) is 2.24. The van der Waals surface area contributed by atoms with Gasteiger partial charge in [0.15, 0.2) is 5.76 Å². The zero-order chi connectivity index (χ0) is 26.5. The van der Waals surface area contributed by atoms with Crippen molar-refractivity contribution in [2.45, 2.75) is 31.0 Å². The molecule has 4 rings (SSSR count). The lowest BCUT2D eigenvalue weighted by molar-refractivity contribution is -0.130. The molecule has 1 aliphatic rings. The fourth-order valence-electron chi connectivity index (χ4n) is 4.06. The van der Waals surface area contributed by atoms with Gasteiger partial charge in [-0.1, -0.05) is 6.07 Å². The van der Waals surface area contributed by atoms with E-state index in [1.54, 1.807) is 12.1 Å². The van der Waals surface area contributed by atoms with Gasteiger partial charge in [0.25, 0.3) is 5.91 Å². The molecule has 0 bridgehead atoms. The summed E-state index contributed by atoms with van der Waals surface area (Å²) in [5.41, 5.74) is 5.24. The lowest BCUT2D eigenvalue weighted by Gasteiger charge is -2.28. The molecule has 0 spiro atoms. The number of rotatable bonds is 8. The topological polar surface area (TPSA) is 147 Å². The normalized spacial score (nSPS) is 17.7. The second-order valence-electron chi connectivity index (χ2n) is 8.29. The Morgan fingerprint density at radius 2 is 1.97 bits per heavy atom. The summed E-state index contributed by atoms with van der Waals surface area (Å²) in [6.07, 6.45) is 1.64. The number of anilines is 1. The molecule has 3 unspecified atom stereocenters. The van der Waals surface area contributed by atoms with Crippen LogP contribution >= 0.6 is 11.3 Å². The van der Waals surface area contributed by atoms with Crippen molar-refractivity contribution < 1.29 is 32.4 Å². The summed E-state index contributed by atoms with van der Waals surface area (Å²) >= 11 is 1.39. The molecule has 3 heterocycles. The quantitative estimate of drug-likeness (QED) is 0.352. The second kappa shape index (κ2) is 11.2. The molecule has 10 nitrogen and oxygen atoms in total. The van der Waals surface area contributed by atoms with E-state index in [0.717, 1.165) is 17.0 Å². The molecule has 2 aromatic heterocycles. The highest BCUT2D eigenvalue weighted by atomic mass is 32.1. The first kappa shape index (κ1) is 25.8. The van der Waals surface area contributed by atoms with Crippen LogP contribution in [0.4, 0.5) is 19.3 Å². The summed E-state index contributed by atoms with van der Waals surface area (Å²) in [6.45, 7) is 0.0830. The maximum absolute atomic E-state index is 14.0. The van der Waals surface area contributed by atoms with Gasteiger partial charge in [-0.25, -0.2) is 13.6 Å². The first-order valence-electron chi connectivity index (χ1n) is 11.2. The van der Waals surface area contributed by atoms with E-state index in [0.29, 0.717) is 6.07 Å². The number of furan rings is 1. The largest absolute Gasteiger partial charge is 0.459 e. The molecule has 3 atom stereocenters. The van der Waals surface area contributed by atoms with Gasteiger partial charge < -0.3 is 31.0 Å². The first-order chi connectivity index (χ1) is 17.7. The Balaban J connectivity index is 1.53. The van der Waals surface area contributed by atoms with E-state index >= 15 is 0 Å². The van der Waals surface area contributed by atoms with E-state index in [4.69, 9.17) is 10.2 Å². The minimum Gasteiger partial charge on any atom is -0.459 e. The van der Waals surface area contributed by atoms with Crippen molar-refractivity contribution >= 4 is 40.8 Å². The maximum atomic E-state index is 14.0. The zero-order valence-electron chi connectivity index (χ0n) is 19.3. The van der Waals surface area contributed by atoms with Gasteiger partial charge in [-0.15, -0.1) is 11.3 Å². The number of nitrogens with one attached hydrogen (secondary N) is 3. The number of amides is 5. The molecule has 3 aromatic rings. The van der Waals surface area contributed by atoms with Crippen molar-refractivity contribution in [1.82, 2.24) is 15.5 Å². The average molecular weight is 532 g/mol. The Bertz CT molecular complexity index is 1280. The number of nitrogens with zero attached hydrogens (tertiary/aromatic N) is 1. The number of hydrogen-bond acceptors (Lipinski definition) is 6. The number of nitrogens with two attached hydrogens (primary N) is 1. The van der Waals surface area contributed by atoms with Crippen molar-refractivity contribution in [2.24, 2.45) is 5.73 Å². The number of halogens is 2. The van der Waals surface area contributed by atoms with Crippen molar-refractivity contribution in [2.75, 3.05) is 11.9 Å². The van der Waals surface area contributed by atoms with Crippen LogP contribution in [0.2, 0.25) is 0 Å². The summed E-state index contributed by atoms with van der Waals surface area (Å²) in [7, 11) is 0. The van der Waals surface area contributed by atoms with E-state index in [1.165, 1.54) is 34.6 Å². The summed E-state index contributed by atoms with van der Waals surface area (Å²) in [4.78, 5) is 53.2. The molecule has 13 heteroatoms. The number of hydrogen-bond donors (Lipinski definition) is 4. The minimum absolute atomic E-state index is 0.0127. The molecule has 0 saturated carbocycles. The molecule has 5 amide bonds. The van der Waals surface area contributed by atoms with Gasteiger partial charge in [0.2, 0.25) is 11.8 Å². The molecule has 5 N–H and O–H groups in total. The molecule has 1 fully saturated rings. The van der Waals surface area contributed by atoms with Crippen LogP contribution in [0.15, 0.2) is 58.5 Å². The van der Waals surface area contributed by atoms with Crippen molar-refractivity contribution in [3.63, 3.8) is 0 Å². The van der Waals surface area contributed by atoms with E-state index in [1.807, 2.05) is 5.38 Å². The van der Waals surface area contributed by atoms with Crippen LogP contribution in [0, 0.1) is 11.6 Å². The molecule has 194 valence electrons. The lowest BCUT2D eigenvalue weighted by Crippen LogP contribution is -2.58. The van der Waals surface area contributed by atoms with Crippen LogP contribution in [0.1, 0.15) is 21.9 Å². The van der Waals surface area contributed by atoms with Gasteiger partial charge in [0.05, 0.1) is 18.0 Å². The zero-order valence-corrected chi connectivity index (χ0v) is 20.1. The van der Waals surface area contributed by atoms with Crippen LogP contribution in [-0.4, -0.2) is 53.3 Å². The van der Waals surface area contributed by atoms with E-state index < -0.39 is 53.5 Å². The SMILES string of the molecule is NC(=O)C(Cc1cccs1)NC(=O)C1C(NC(=O)Nc2ccc(F)cc2F)CCN1C(=O)c1ccco1. The van der Waals surface area contributed by atoms with Gasteiger partial charge in [0, 0.05) is 23.9 Å². The molecule has 0 aliphatic carbocycles. The van der Waals surface area contributed by atoms with Gasteiger partial charge >= 0.3 is 6.03 Å². The smallest absolute Gasteiger partial charge is 0.319 e. The highest BCUT2D eigenvalue weighted by Gasteiger charge is 2.44. The number of urea groups is 1. The number of carbonyl (C=O) groups excluding carboxylic acids is 4. The van der Waals surface area contributed by atoms with Crippen molar-refractivity contribution in [3.8, 4) is 0 Å². The van der Waals surface area contributed by atoms with Crippen LogP contribution in [0.25, 0.3) is 0 Å². The van der Waals surface area contributed by atoms with E-state index in [2.05, 4.69) is 16.0 Å².